The van der Waals surface area contributed by atoms with Gasteiger partial charge in [-0.25, -0.2) is 4.79 Å². The number of ketones is 1. The summed E-state index contributed by atoms with van der Waals surface area (Å²) >= 11 is 0. The smallest absolute Gasteiger partial charge is 0.338 e. The molecule has 2 aromatic rings. The van der Waals surface area contributed by atoms with Crippen molar-refractivity contribution in [2.45, 2.75) is 45.5 Å². The van der Waals surface area contributed by atoms with Crippen molar-refractivity contribution in [3.05, 3.63) is 83.6 Å². The Bertz CT molecular complexity index is 1150. The first-order valence-corrected chi connectivity index (χ1v) is 11.6. The molecule has 9 heteroatoms. The van der Waals surface area contributed by atoms with E-state index in [-0.39, 0.29) is 25.4 Å². The molecular weight excluding hydrogens is 466 g/mol. The minimum Gasteiger partial charge on any atom is -0.452 e. The summed E-state index contributed by atoms with van der Waals surface area (Å²) < 4.78 is 22.3. The second kappa shape index (κ2) is 11.3. The molecule has 4 atom stereocenters. The number of rotatable bonds is 8. The monoisotopic (exact) mass is 493 g/mol. The molecule has 2 aliphatic heterocycles. The maximum atomic E-state index is 13.3. The summed E-state index contributed by atoms with van der Waals surface area (Å²) in [5.74, 6) is -3.10. The van der Waals surface area contributed by atoms with Gasteiger partial charge >= 0.3 is 11.9 Å². The molecule has 0 bridgehead atoms. The van der Waals surface area contributed by atoms with Crippen LogP contribution in [-0.2, 0) is 39.9 Å². The number of Topliss-reactive ketones (excluding diaryl/α,β-unsaturated/α-hetero) is 1. The van der Waals surface area contributed by atoms with Gasteiger partial charge < -0.3 is 18.9 Å². The maximum Gasteiger partial charge on any atom is 0.338 e. The van der Waals surface area contributed by atoms with E-state index in [4.69, 9.17) is 18.9 Å². The van der Waals surface area contributed by atoms with Gasteiger partial charge in [0.25, 0.3) is 0 Å². The zero-order chi connectivity index (χ0) is 25.7. The fourth-order valence-electron chi connectivity index (χ4n) is 4.08. The fourth-order valence-corrected chi connectivity index (χ4v) is 4.08. The minimum atomic E-state index is -1.20. The van der Waals surface area contributed by atoms with Crippen LogP contribution in [0.5, 0.6) is 0 Å². The summed E-state index contributed by atoms with van der Waals surface area (Å²) in [4.78, 5) is 51.5. The topological polar surface area (TPSA) is 108 Å². The molecule has 1 unspecified atom stereocenters. The van der Waals surface area contributed by atoms with Crippen LogP contribution < -0.4 is 0 Å². The number of allylic oxidation sites excluding steroid dienone is 1. The van der Waals surface area contributed by atoms with Crippen molar-refractivity contribution in [3.8, 4) is 0 Å². The van der Waals surface area contributed by atoms with Crippen molar-refractivity contribution in [1.82, 2.24) is 4.90 Å². The van der Waals surface area contributed by atoms with Gasteiger partial charge in [-0.15, -0.1) is 0 Å². The number of esters is 2. The van der Waals surface area contributed by atoms with E-state index in [1.807, 2.05) is 30.3 Å². The first-order valence-electron chi connectivity index (χ1n) is 11.6. The van der Waals surface area contributed by atoms with Crippen LogP contribution in [0.15, 0.2) is 72.4 Å². The predicted octanol–water partition coefficient (Wildman–Crippen LogP) is 3.00. The third-order valence-electron chi connectivity index (χ3n) is 5.88. The number of carbonyl (C=O) groups excluding carboxylic acids is 4. The number of benzene rings is 2. The molecule has 0 saturated carbocycles. The van der Waals surface area contributed by atoms with Crippen molar-refractivity contribution in [2.24, 2.45) is 5.92 Å². The van der Waals surface area contributed by atoms with Gasteiger partial charge in [-0.2, -0.15) is 0 Å². The Balaban J connectivity index is 1.46. The zero-order valence-corrected chi connectivity index (χ0v) is 20.0. The number of carbonyl (C=O) groups is 4. The molecule has 2 aliphatic rings. The molecule has 0 N–H and O–H groups in total. The average Bonchev–Trinajstić information content (AvgIpc) is 3.25. The van der Waals surface area contributed by atoms with Crippen LogP contribution in [0.3, 0.4) is 0 Å². The number of hydrogen-bond acceptors (Lipinski definition) is 8. The van der Waals surface area contributed by atoms with Crippen LogP contribution in [-0.4, -0.2) is 53.8 Å². The molecule has 1 saturated heterocycles. The number of nitrogens with zero attached hydrogens (tertiary/aromatic N) is 1. The molecule has 0 spiro atoms. The lowest BCUT2D eigenvalue weighted by Crippen LogP contribution is -2.48. The highest BCUT2D eigenvalue weighted by Gasteiger charge is 2.47. The van der Waals surface area contributed by atoms with Gasteiger partial charge in [-0.1, -0.05) is 48.5 Å². The number of ether oxygens (including phenoxy) is 4. The molecular formula is C27H27NO8. The van der Waals surface area contributed by atoms with Crippen LogP contribution in [0.4, 0.5) is 0 Å². The van der Waals surface area contributed by atoms with Gasteiger partial charge in [0.15, 0.2) is 11.9 Å². The van der Waals surface area contributed by atoms with E-state index in [0.29, 0.717) is 11.1 Å². The summed E-state index contributed by atoms with van der Waals surface area (Å²) in [6.45, 7) is 2.98. The van der Waals surface area contributed by atoms with Crippen molar-refractivity contribution in [2.75, 3.05) is 6.61 Å². The van der Waals surface area contributed by atoms with E-state index in [2.05, 4.69) is 0 Å². The minimum absolute atomic E-state index is 0.0534. The highest BCUT2D eigenvalue weighted by molar-refractivity contribution is 6.12. The molecule has 4 rings (SSSR count). The van der Waals surface area contributed by atoms with Crippen molar-refractivity contribution < 1.29 is 38.1 Å². The second-order valence-corrected chi connectivity index (χ2v) is 8.59. The molecule has 0 aromatic heterocycles. The average molecular weight is 494 g/mol. The highest BCUT2D eigenvalue weighted by atomic mass is 16.7. The Kier molecular flexibility index (Phi) is 7.92. The summed E-state index contributed by atoms with van der Waals surface area (Å²) in [6.07, 6.45) is -1.59. The molecule has 1 fully saturated rings. The molecule has 1 amide bonds. The highest BCUT2D eigenvalue weighted by Crippen LogP contribution is 2.31. The Labute approximate surface area is 208 Å². The quantitative estimate of drug-likeness (QED) is 0.408. The van der Waals surface area contributed by atoms with E-state index in [1.165, 1.54) is 18.0 Å². The summed E-state index contributed by atoms with van der Waals surface area (Å²) in [5.41, 5.74) is 1.61. The molecule has 0 radical (unpaired) electrons. The van der Waals surface area contributed by atoms with E-state index in [9.17, 15) is 19.2 Å². The molecule has 0 aliphatic carbocycles. The van der Waals surface area contributed by atoms with Gasteiger partial charge in [0, 0.05) is 25.1 Å². The third-order valence-corrected chi connectivity index (χ3v) is 5.88. The Morgan fingerprint density at radius 2 is 1.67 bits per heavy atom. The lowest BCUT2D eigenvalue weighted by atomic mass is 9.94. The predicted molar refractivity (Wildman–Crippen MR) is 126 cm³/mol. The maximum absolute atomic E-state index is 13.3. The molecule has 36 heavy (non-hydrogen) atoms. The van der Waals surface area contributed by atoms with Crippen LogP contribution in [0.25, 0.3) is 0 Å². The van der Waals surface area contributed by atoms with Crippen molar-refractivity contribution >= 4 is 23.6 Å². The molecule has 2 heterocycles. The Morgan fingerprint density at radius 1 is 1.00 bits per heavy atom. The number of amides is 1. The fraction of sp³-hybridized carbons (Fsp3) is 0.333. The molecule has 2 aromatic carbocycles. The van der Waals surface area contributed by atoms with Gasteiger partial charge in [0.1, 0.15) is 12.1 Å². The van der Waals surface area contributed by atoms with Gasteiger partial charge in [0.05, 0.1) is 18.8 Å². The first-order chi connectivity index (χ1) is 17.3. The van der Waals surface area contributed by atoms with Crippen LogP contribution >= 0.6 is 0 Å². The van der Waals surface area contributed by atoms with Gasteiger partial charge in [-0.05, 0) is 24.6 Å². The first kappa shape index (κ1) is 25.3. The van der Waals surface area contributed by atoms with E-state index in [0.717, 1.165) is 5.56 Å². The van der Waals surface area contributed by atoms with E-state index in [1.54, 1.807) is 37.3 Å². The largest absolute Gasteiger partial charge is 0.452 e. The molecule has 9 nitrogen and oxygen atoms in total. The summed E-state index contributed by atoms with van der Waals surface area (Å²) in [6, 6.07) is 17.8. The molecule has 188 valence electrons. The van der Waals surface area contributed by atoms with Crippen LogP contribution in [0.2, 0.25) is 0 Å². The SMILES string of the molecule is CC(=O)O[C@H]1O[C@@H](N2C=C(C)C(=O)C(COCc3ccccc3)C2=O)C[C@@H]1OC(=O)c1ccccc1. The van der Waals surface area contributed by atoms with Crippen molar-refractivity contribution in [3.63, 3.8) is 0 Å². The van der Waals surface area contributed by atoms with E-state index < -0.39 is 42.4 Å². The second-order valence-electron chi connectivity index (χ2n) is 8.59. The Hall–Kier alpha value is -3.82. The Morgan fingerprint density at radius 3 is 2.33 bits per heavy atom. The lowest BCUT2D eigenvalue weighted by Gasteiger charge is -2.32. The summed E-state index contributed by atoms with van der Waals surface area (Å²) in [5, 5.41) is 0. The van der Waals surface area contributed by atoms with E-state index >= 15 is 0 Å². The zero-order valence-electron chi connectivity index (χ0n) is 20.0. The van der Waals surface area contributed by atoms with Crippen molar-refractivity contribution in [1.29, 1.82) is 0 Å². The lowest BCUT2D eigenvalue weighted by molar-refractivity contribution is -0.196. The summed E-state index contributed by atoms with van der Waals surface area (Å²) in [7, 11) is 0. The third kappa shape index (κ3) is 5.87. The van der Waals surface area contributed by atoms with Crippen LogP contribution in [0.1, 0.15) is 36.2 Å². The van der Waals surface area contributed by atoms with Crippen LogP contribution in [0, 0.1) is 5.92 Å². The van der Waals surface area contributed by atoms with Gasteiger partial charge in [0.2, 0.25) is 12.2 Å². The number of hydrogen-bond donors (Lipinski definition) is 0. The standard InChI is InChI=1S/C27H27NO8/c1-17-14-28(25(31)21(24(17)30)16-33-15-19-9-5-3-6-10-19)23-13-22(27(36-23)34-18(2)29)35-26(32)20-11-7-4-8-12-20/h3-12,14,21-23,27H,13,15-16H2,1-2H3/t21?,22-,23+,27-/m0/s1. The normalized spacial score (nSPS) is 23.8. The van der Waals surface area contributed by atoms with Gasteiger partial charge in [-0.3, -0.25) is 19.3 Å².